The van der Waals surface area contributed by atoms with Gasteiger partial charge in [0.1, 0.15) is 12.8 Å². The van der Waals surface area contributed by atoms with Gasteiger partial charge in [0.05, 0.1) is 32.5 Å². The Kier molecular flexibility index (Phi) is 5.72. The van der Waals surface area contributed by atoms with E-state index in [0.717, 1.165) is 15.2 Å². The smallest absolute Gasteiger partial charge is 0.310 e. The SMILES string of the molecule is N#CCN1C(=O)c2ccccc2N/C1=C/OC(=O)CCCc1nc2ccccc2s1. The molecule has 2 aromatic carbocycles. The van der Waals surface area contributed by atoms with E-state index in [0.29, 0.717) is 24.1 Å². The molecule has 30 heavy (non-hydrogen) atoms. The fraction of sp³-hybridized carbons (Fsp3) is 0.182. The molecule has 0 saturated carbocycles. The zero-order chi connectivity index (χ0) is 20.9. The lowest BCUT2D eigenvalue weighted by atomic mass is 10.1. The van der Waals surface area contributed by atoms with Crippen molar-refractivity contribution in [1.82, 2.24) is 9.88 Å². The number of amides is 1. The van der Waals surface area contributed by atoms with Crippen molar-refractivity contribution in [3.63, 3.8) is 0 Å². The maximum absolute atomic E-state index is 12.6. The fourth-order valence-electron chi connectivity index (χ4n) is 3.15. The van der Waals surface area contributed by atoms with E-state index in [-0.39, 0.29) is 24.7 Å². The highest BCUT2D eigenvalue weighted by molar-refractivity contribution is 7.18. The minimum atomic E-state index is -0.409. The first-order valence-electron chi connectivity index (χ1n) is 9.44. The van der Waals surface area contributed by atoms with E-state index in [1.807, 2.05) is 30.3 Å². The maximum atomic E-state index is 12.6. The molecule has 7 nitrogen and oxygen atoms in total. The number of carbonyl (C=O) groups excluding carboxylic acids is 2. The van der Waals surface area contributed by atoms with Gasteiger partial charge in [0.25, 0.3) is 5.91 Å². The van der Waals surface area contributed by atoms with Crippen molar-refractivity contribution in [3.8, 4) is 6.07 Å². The van der Waals surface area contributed by atoms with Crippen LogP contribution in [0.25, 0.3) is 10.2 Å². The van der Waals surface area contributed by atoms with E-state index in [4.69, 9.17) is 10.00 Å². The molecule has 2 heterocycles. The summed E-state index contributed by atoms with van der Waals surface area (Å²) >= 11 is 1.62. The standard InChI is InChI=1S/C22H18N4O3S/c23-12-13-26-19(24-16-7-2-1-6-15(16)22(26)28)14-29-21(27)11-5-10-20-25-17-8-3-4-9-18(17)30-20/h1-4,6-9,14,24H,5,10-11,13H2/b19-14-. The molecule has 0 aliphatic carbocycles. The average molecular weight is 418 g/mol. The number of aryl methyl sites for hydroxylation is 1. The summed E-state index contributed by atoms with van der Waals surface area (Å²) in [5.41, 5.74) is 2.04. The summed E-state index contributed by atoms with van der Waals surface area (Å²) in [6, 6.07) is 16.9. The van der Waals surface area contributed by atoms with Gasteiger partial charge in [-0.05, 0) is 37.1 Å². The average Bonchev–Trinajstić information content (AvgIpc) is 3.17. The van der Waals surface area contributed by atoms with Crippen LogP contribution in [-0.2, 0) is 16.0 Å². The first-order valence-corrected chi connectivity index (χ1v) is 10.3. The second-order valence-electron chi connectivity index (χ2n) is 6.64. The number of hydrogen-bond donors (Lipinski definition) is 1. The molecule has 0 bridgehead atoms. The molecule has 1 aliphatic rings. The molecule has 1 amide bonds. The zero-order valence-electron chi connectivity index (χ0n) is 16.0. The number of aromatic nitrogens is 1. The van der Waals surface area contributed by atoms with Gasteiger partial charge in [-0.15, -0.1) is 11.3 Å². The van der Waals surface area contributed by atoms with Crippen LogP contribution in [0.4, 0.5) is 5.69 Å². The number of para-hydroxylation sites is 2. The number of carbonyl (C=O) groups is 2. The van der Waals surface area contributed by atoms with Crippen LogP contribution in [0.5, 0.6) is 0 Å². The minimum Gasteiger partial charge on any atom is -0.431 e. The minimum absolute atomic E-state index is 0.152. The van der Waals surface area contributed by atoms with Crippen molar-refractivity contribution < 1.29 is 14.3 Å². The van der Waals surface area contributed by atoms with Crippen molar-refractivity contribution in [1.29, 1.82) is 5.26 Å². The van der Waals surface area contributed by atoms with Crippen molar-refractivity contribution >= 4 is 39.1 Å². The summed E-state index contributed by atoms with van der Waals surface area (Å²) in [5.74, 6) is -0.461. The van der Waals surface area contributed by atoms with E-state index in [2.05, 4.69) is 10.3 Å². The molecule has 0 atom stereocenters. The predicted molar refractivity (Wildman–Crippen MR) is 113 cm³/mol. The summed E-state index contributed by atoms with van der Waals surface area (Å²) in [4.78, 5) is 30.6. The Morgan fingerprint density at radius 2 is 2.03 bits per heavy atom. The van der Waals surface area contributed by atoms with Gasteiger partial charge in [0.15, 0.2) is 5.82 Å². The van der Waals surface area contributed by atoms with Crippen LogP contribution < -0.4 is 5.32 Å². The van der Waals surface area contributed by atoms with Crippen molar-refractivity contribution in [2.24, 2.45) is 0 Å². The number of anilines is 1. The lowest BCUT2D eigenvalue weighted by Crippen LogP contribution is -2.38. The van der Waals surface area contributed by atoms with Gasteiger partial charge >= 0.3 is 5.97 Å². The van der Waals surface area contributed by atoms with E-state index in [1.54, 1.807) is 35.6 Å². The molecule has 8 heteroatoms. The van der Waals surface area contributed by atoms with Gasteiger partial charge in [-0.1, -0.05) is 24.3 Å². The number of esters is 1. The number of nitrogens with one attached hydrogen (secondary N) is 1. The lowest BCUT2D eigenvalue weighted by molar-refractivity contribution is -0.138. The van der Waals surface area contributed by atoms with Gasteiger partial charge in [-0.25, -0.2) is 4.98 Å². The summed E-state index contributed by atoms with van der Waals surface area (Å²) in [6.07, 6.45) is 2.72. The second kappa shape index (κ2) is 8.76. The summed E-state index contributed by atoms with van der Waals surface area (Å²) in [5, 5.41) is 13.1. The normalized spacial score (nSPS) is 14.3. The highest BCUT2D eigenvalue weighted by atomic mass is 32.1. The Morgan fingerprint density at radius 3 is 2.87 bits per heavy atom. The maximum Gasteiger partial charge on any atom is 0.310 e. The third kappa shape index (κ3) is 4.16. The van der Waals surface area contributed by atoms with Gasteiger partial charge in [0, 0.05) is 6.42 Å². The molecule has 4 rings (SSSR count). The van der Waals surface area contributed by atoms with Gasteiger partial charge in [0.2, 0.25) is 0 Å². The number of thiazole rings is 1. The van der Waals surface area contributed by atoms with Crippen molar-refractivity contribution in [2.75, 3.05) is 11.9 Å². The van der Waals surface area contributed by atoms with Crippen LogP contribution in [0.3, 0.4) is 0 Å². The van der Waals surface area contributed by atoms with Crippen LogP contribution in [0, 0.1) is 11.3 Å². The topological polar surface area (TPSA) is 95.3 Å². The first-order chi connectivity index (χ1) is 14.7. The predicted octanol–water partition coefficient (Wildman–Crippen LogP) is 4.05. The van der Waals surface area contributed by atoms with E-state index < -0.39 is 5.97 Å². The largest absolute Gasteiger partial charge is 0.431 e. The molecule has 1 aromatic heterocycles. The van der Waals surface area contributed by atoms with Crippen LogP contribution in [0.1, 0.15) is 28.2 Å². The lowest BCUT2D eigenvalue weighted by Gasteiger charge is -2.29. The molecular formula is C22H18N4O3S. The number of fused-ring (bicyclic) bond motifs is 2. The van der Waals surface area contributed by atoms with Gasteiger partial charge < -0.3 is 10.1 Å². The quantitative estimate of drug-likeness (QED) is 0.369. The number of rotatable bonds is 6. The van der Waals surface area contributed by atoms with Gasteiger partial charge in [-0.3, -0.25) is 14.5 Å². The number of hydrogen-bond acceptors (Lipinski definition) is 7. The summed E-state index contributed by atoms with van der Waals surface area (Å²) in [7, 11) is 0. The highest BCUT2D eigenvalue weighted by Crippen LogP contribution is 2.27. The molecule has 1 N–H and O–H groups in total. The molecule has 0 radical (unpaired) electrons. The van der Waals surface area contributed by atoms with Crippen molar-refractivity contribution in [2.45, 2.75) is 19.3 Å². The molecule has 0 fully saturated rings. The molecule has 1 aliphatic heterocycles. The summed E-state index contributed by atoms with van der Waals surface area (Å²) in [6.45, 7) is -0.152. The van der Waals surface area contributed by atoms with E-state index in [1.165, 1.54) is 11.2 Å². The fourth-order valence-corrected chi connectivity index (χ4v) is 4.16. The molecule has 0 saturated heterocycles. The van der Waals surface area contributed by atoms with Crippen molar-refractivity contribution in [3.05, 3.63) is 71.2 Å². The van der Waals surface area contributed by atoms with Crippen LogP contribution >= 0.6 is 11.3 Å². The highest BCUT2D eigenvalue weighted by Gasteiger charge is 2.28. The molecule has 0 unspecified atom stereocenters. The number of nitrogens with zero attached hydrogens (tertiary/aromatic N) is 3. The Labute approximate surface area is 177 Å². The third-order valence-corrected chi connectivity index (χ3v) is 5.69. The van der Waals surface area contributed by atoms with E-state index in [9.17, 15) is 9.59 Å². The Morgan fingerprint density at radius 1 is 1.23 bits per heavy atom. The zero-order valence-corrected chi connectivity index (χ0v) is 16.8. The van der Waals surface area contributed by atoms with Crippen LogP contribution in [0.2, 0.25) is 0 Å². The van der Waals surface area contributed by atoms with Crippen LogP contribution in [-0.4, -0.2) is 28.3 Å². The van der Waals surface area contributed by atoms with E-state index >= 15 is 0 Å². The Hall–Kier alpha value is -3.70. The summed E-state index contributed by atoms with van der Waals surface area (Å²) < 4.78 is 6.36. The molecule has 0 spiro atoms. The number of ether oxygens (including phenoxy) is 1. The first kappa shape index (κ1) is 19.6. The van der Waals surface area contributed by atoms with Crippen LogP contribution in [0.15, 0.2) is 60.6 Å². The number of benzene rings is 2. The Balaban J connectivity index is 1.36. The molecule has 150 valence electrons. The monoisotopic (exact) mass is 418 g/mol. The Bertz CT molecular complexity index is 1150. The third-order valence-electron chi connectivity index (χ3n) is 4.60. The molecule has 3 aromatic rings. The van der Waals surface area contributed by atoms with Gasteiger partial charge in [-0.2, -0.15) is 5.26 Å². The second-order valence-corrected chi connectivity index (χ2v) is 7.76. The number of nitriles is 1. The molecular weight excluding hydrogens is 400 g/mol.